The molecule has 0 bridgehead atoms. The number of rotatable bonds is 6. The maximum Gasteiger partial charge on any atom is 0.223 e. The van der Waals surface area contributed by atoms with Crippen LogP contribution < -0.4 is 10.6 Å². The van der Waals surface area contributed by atoms with E-state index in [4.69, 9.17) is 0 Å². The summed E-state index contributed by atoms with van der Waals surface area (Å²) in [5, 5.41) is 9.07. The van der Waals surface area contributed by atoms with Gasteiger partial charge >= 0.3 is 0 Å². The van der Waals surface area contributed by atoms with Crippen molar-refractivity contribution >= 4 is 17.3 Å². The fourth-order valence-corrected chi connectivity index (χ4v) is 3.18. The fraction of sp³-hybridized carbons (Fsp3) is 0.294. The molecule has 0 spiro atoms. The molecule has 0 aliphatic heterocycles. The Labute approximate surface area is 149 Å². The summed E-state index contributed by atoms with van der Waals surface area (Å²) < 4.78 is 14.0. The van der Waals surface area contributed by atoms with E-state index < -0.39 is 5.54 Å². The predicted molar refractivity (Wildman–Crippen MR) is 96.7 cm³/mol. The molecular weight excluding hydrogens is 339 g/mol. The van der Waals surface area contributed by atoms with Gasteiger partial charge in [0.1, 0.15) is 16.5 Å². The minimum Gasteiger partial charge on any atom is -0.344 e. The monoisotopic (exact) mass is 358 g/mol. The summed E-state index contributed by atoms with van der Waals surface area (Å²) in [6.45, 7) is 4.39. The molecule has 0 amide bonds. The van der Waals surface area contributed by atoms with Crippen molar-refractivity contribution in [1.29, 1.82) is 0 Å². The summed E-state index contributed by atoms with van der Waals surface area (Å²) in [6.07, 6.45) is 4.99. The van der Waals surface area contributed by atoms with Crippen LogP contribution in [-0.4, -0.2) is 27.0 Å². The van der Waals surface area contributed by atoms with Gasteiger partial charge in [0, 0.05) is 36.1 Å². The van der Waals surface area contributed by atoms with E-state index in [1.807, 2.05) is 26.3 Å². The van der Waals surface area contributed by atoms with Gasteiger partial charge in [-0.3, -0.25) is 4.98 Å². The number of halogens is 1. The molecule has 6 nitrogen and oxygen atoms in total. The zero-order valence-corrected chi connectivity index (χ0v) is 15.1. The van der Waals surface area contributed by atoms with Gasteiger partial charge < -0.3 is 10.6 Å². The second-order valence-electron chi connectivity index (χ2n) is 6.05. The van der Waals surface area contributed by atoms with E-state index in [-0.39, 0.29) is 5.82 Å². The molecule has 3 heterocycles. The first-order valence-electron chi connectivity index (χ1n) is 7.80. The molecule has 130 valence electrons. The number of aromatic nitrogens is 4. The van der Waals surface area contributed by atoms with Crippen molar-refractivity contribution in [2.24, 2.45) is 0 Å². The van der Waals surface area contributed by atoms with E-state index in [9.17, 15) is 4.39 Å². The average molecular weight is 358 g/mol. The van der Waals surface area contributed by atoms with Crippen molar-refractivity contribution in [3.05, 3.63) is 53.3 Å². The Balaban J connectivity index is 1.77. The highest BCUT2D eigenvalue weighted by atomic mass is 32.1. The minimum absolute atomic E-state index is 0.319. The summed E-state index contributed by atoms with van der Waals surface area (Å²) in [5.41, 5.74) is 1.41. The van der Waals surface area contributed by atoms with Gasteiger partial charge in [-0.15, -0.1) is 11.3 Å². The van der Waals surface area contributed by atoms with E-state index >= 15 is 0 Å². The van der Waals surface area contributed by atoms with Gasteiger partial charge in [-0.05, 0) is 33.0 Å². The Bertz CT molecular complexity index is 846. The summed E-state index contributed by atoms with van der Waals surface area (Å²) in [7, 11) is 1.88. The average Bonchev–Trinajstić information content (AvgIpc) is 3.04. The zero-order valence-electron chi connectivity index (χ0n) is 14.2. The third kappa shape index (κ3) is 3.97. The standard InChI is InChI=1S/C17H19FN6S/c1-17(2,14-13(18)5-4-6-20-14)24-16-21-7-11(8-22-16)15-23-12(9-19-3)10-25-15/h4-8,10,19H,9H2,1-3H3,(H,21,22,24). The Kier molecular flexibility index (Phi) is 5.00. The van der Waals surface area contributed by atoms with Crippen LogP contribution in [0.1, 0.15) is 25.2 Å². The van der Waals surface area contributed by atoms with Crippen LogP contribution in [0.5, 0.6) is 0 Å². The molecule has 0 saturated heterocycles. The van der Waals surface area contributed by atoms with Crippen LogP contribution in [0.2, 0.25) is 0 Å². The molecule has 3 rings (SSSR count). The van der Waals surface area contributed by atoms with Crippen LogP contribution in [-0.2, 0) is 12.1 Å². The molecule has 0 unspecified atom stereocenters. The van der Waals surface area contributed by atoms with E-state index in [2.05, 4.69) is 30.6 Å². The maximum atomic E-state index is 14.0. The molecule has 0 aliphatic carbocycles. The lowest BCUT2D eigenvalue weighted by molar-refractivity contribution is 0.510. The number of nitrogens with zero attached hydrogens (tertiary/aromatic N) is 4. The molecule has 3 aromatic heterocycles. The van der Waals surface area contributed by atoms with Crippen molar-refractivity contribution in [3.8, 4) is 10.6 Å². The number of anilines is 1. The van der Waals surface area contributed by atoms with Gasteiger partial charge in [0.15, 0.2) is 0 Å². The van der Waals surface area contributed by atoms with Crippen molar-refractivity contribution in [2.45, 2.75) is 25.9 Å². The first kappa shape index (κ1) is 17.4. The fourth-order valence-electron chi connectivity index (χ4n) is 2.39. The van der Waals surface area contributed by atoms with E-state index in [1.54, 1.807) is 36.0 Å². The number of nitrogens with one attached hydrogen (secondary N) is 2. The van der Waals surface area contributed by atoms with Crippen LogP contribution in [0.4, 0.5) is 10.3 Å². The molecule has 0 atom stereocenters. The molecule has 3 aromatic rings. The first-order chi connectivity index (χ1) is 12.0. The molecule has 0 aromatic carbocycles. The van der Waals surface area contributed by atoms with Crippen LogP contribution in [0, 0.1) is 5.82 Å². The predicted octanol–water partition coefficient (Wildman–Crippen LogP) is 3.20. The van der Waals surface area contributed by atoms with Crippen molar-refractivity contribution in [1.82, 2.24) is 25.3 Å². The molecule has 2 N–H and O–H groups in total. The second kappa shape index (κ2) is 7.20. The lowest BCUT2D eigenvalue weighted by Crippen LogP contribution is -2.31. The molecule has 0 radical (unpaired) electrons. The Morgan fingerprint density at radius 1 is 1.20 bits per heavy atom. The lowest BCUT2D eigenvalue weighted by atomic mass is 9.99. The molecule has 25 heavy (non-hydrogen) atoms. The largest absolute Gasteiger partial charge is 0.344 e. The van der Waals surface area contributed by atoms with Crippen LogP contribution in [0.3, 0.4) is 0 Å². The highest BCUT2D eigenvalue weighted by Gasteiger charge is 2.26. The normalized spacial score (nSPS) is 11.5. The van der Waals surface area contributed by atoms with Gasteiger partial charge in [-0.25, -0.2) is 19.3 Å². The SMILES string of the molecule is CNCc1csc(-c2cnc(NC(C)(C)c3ncccc3F)nc2)n1. The Hall–Kier alpha value is -2.45. The van der Waals surface area contributed by atoms with Gasteiger partial charge in [-0.1, -0.05) is 0 Å². The molecule has 8 heteroatoms. The topological polar surface area (TPSA) is 75.6 Å². The molecule has 0 fully saturated rings. The summed E-state index contributed by atoms with van der Waals surface area (Å²) >= 11 is 1.55. The van der Waals surface area contributed by atoms with Gasteiger partial charge in [-0.2, -0.15) is 0 Å². The summed E-state index contributed by atoms with van der Waals surface area (Å²) in [6, 6.07) is 2.96. The van der Waals surface area contributed by atoms with Crippen molar-refractivity contribution in [3.63, 3.8) is 0 Å². The molecule has 0 aliphatic rings. The van der Waals surface area contributed by atoms with Crippen LogP contribution in [0.15, 0.2) is 36.1 Å². The maximum absolute atomic E-state index is 14.0. The van der Waals surface area contributed by atoms with Gasteiger partial charge in [0.2, 0.25) is 5.95 Å². The quantitative estimate of drug-likeness (QED) is 0.705. The van der Waals surface area contributed by atoms with Gasteiger partial charge in [0.25, 0.3) is 0 Å². The number of hydrogen-bond donors (Lipinski definition) is 2. The second-order valence-corrected chi connectivity index (χ2v) is 6.91. The molecular formula is C17H19FN6S. The van der Waals surface area contributed by atoms with E-state index in [1.165, 1.54) is 6.07 Å². The van der Waals surface area contributed by atoms with Gasteiger partial charge in [0.05, 0.1) is 11.2 Å². The van der Waals surface area contributed by atoms with Crippen LogP contribution >= 0.6 is 11.3 Å². The number of pyridine rings is 1. The van der Waals surface area contributed by atoms with E-state index in [0.29, 0.717) is 11.6 Å². The summed E-state index contributed by atoms with van der Waals surface area (Å²) in [5.74, 6) is 0.0438. The van der Waals surface area contributed by atoms with Crippen LogP contribution in [0.25, 0.3) is 10.6 Å². The third-order valence-corrected chi connectivity index (χ3v) is 4.52. The van der Waals surface area contributed by atoms with E-state index in [0.717, 1.165) is 22.8 Å². The summed E-state index contributed by atoms with van der Waals surface area (Å²) in [4.78, 5) is 17.3. The highest BCUT2D eigenvalue weighted by molar-refractivity contribution is 7.13. The Morgan fingerprint density at radius 3 is 2.64 bits per heavy atom. The molecule has 0 saturated carbocycles. The number of hydrogen-bond acceptors (Lipinski definition) is 7. The first-order valence-corrected chi connectivity index (χ1v) is 8.68. The number of thiazole rings is 1. The third-order valence-electron chi connectivity index (χ3n) is 3.58. The lowest BCUT2D eigenvalue weighted by Gasteiger charge is -2.25. The van der Waals surface area contributed by atoms with Crippen molar-refractivity contribution < 1.29 is 4.39 Å². The van der Waals surface area contributed by atoms with Crippen molar-refractivity contribution in [2.75, 3.05) is 12.4 Å². The minimum atomic E-state index is -0.742. The smallest absolute Gasteiger partial charge is 0.223 e. The Morgan fingerprint density at radius 2 is 1.96 bits per heavy atom. The zero-order chi connectivity index (χ0) is 17.9. The highest BCUT2D eigenvalue weighted by Crippen LogP contribution is 2.26.